The predicted octanol–water partition coefficient (Wildman–Crippen LogP) is 0.910. The SMILES string of the molecule is COC(=O)C1[C@H]2CN(C(=O)c3ccc4nnc(C(O)C(C)C)n4c3)C[C@@H]12. The van der Waals surface area contributed by atoms with Gasteiger partial charge in [-0.05, 0) is 29.9 Å². The van der Waals surface area contributed by atoms with E-state index in [-0.39, 0.29) is 35.5 Å². The number of likely N-dealkylation sites (tertiary alicyclic amines) is 1. The van der Waals surface area contributed by atoms with Crippen LogP contribution in [-0.2, 0) is 9.53 Å². The van der Waals surface area contributed by atoms with E-state index >= 15 is 0 Å². The number of hydrogen-bond acceptors (Lipinski definition) is 6. The van der Waals surface area contributed by atoms with Crippen LogP contribution in [0.15, 0.2) is 18.3 Å². The van der Waals surface area contributed by atoms with Gasteiger partial charge in [-0.25, -0.2) is 0 Å². The van der Waals surface area contributed by atoms with E-state index in [9.17, 15) is 14.7 Å². The Labute approximate surface area is 150 Å². The van der Waals surface area contributed by atoms with Crippen molar-refractivity contribution in [1.29, 1.82) is 0 Å². The number of aliphatic hydroxyl groups excluding tert-OH is 1. The largest absolute Gasteiger partial charge is 0.469 e. The quantitative estimate of drug-likeness (QED) is 0.816. The second-order valence-electron chi connectivity index (χ2n) is 7.48. The van der Waals surface area contributed by atoms with Crippen LogP contribution in [0.25, 0.3) is 5.65 Å². The third-order valence-corrected chi connectivity index (χ3v) is 5.53. The van der Waals surface area contributed by atoms with Crippen molar-refractivity contribution < 1.29 is 19.4 Å². The molecule has 1 saturated carbocycles. The average Bonchev–Trinajstić information content (AvgIpc) is 3.00. The fourth-order valence-corrected chi connectivity index (χ4v) is 3.90. The normalized spacial score (nSPS) is 25.4. The van der Waals surface area contributed by atoms with Crippen LogP contribution in [0.2, 0.25) is 0 Å². The number of rotatable bonds is 4. The summed E-state index contributed by atoms with van der Waals surface area (Å²) in [4.78, 5) is 26.3. The molecule has 8 heteroatoms. The Morgan fingerprint density at radius 2 is 1.92 bits per heavy atom. The Bertz CT molecular complexity index is 865. The van der Waals surface area contributed by atoms with Crippen molar-refractivity contribution in [1.82, 2.24) is 19.5 Å². The van der Waals surface area contributed by atoms with Gasteiger partial charge in [0, 0.05) is 19.3 Å². The maximum absolute atomic E-state index is 12.8. The lowest BCUT2D eigenvalue weighted by molar-refractivity contribution is -0.143. The Hall–Kier alpha value is -2.48. The summed E-state index contributed by atoms with van der Waals surface area (Å²) in [7, 11) is 1.40. The molecule has 138 valence electrons. The lowest BCUT2D eigenvalue weighted by Gasteiger charge is -2.20. The molecule has 26 heavy (non-hydrogen) atoms. The fourth-order valence-electron chi connectivity index (χ4n) is 3.90. The molecule has 4 atom stereocenters. The molecular weight excluding hydrogens is 336 g/mol. The molecule has 0 bridgehead atoms. The molecule has 2 unspecified atom stereocenters. The van der Waals surface area contributed by atoms with Gasteiger partial charge in [0.05, 0.1) is 18.6 Å². The van der Waals surface area contributed by atoms with Crippen molar-refractivity contribution in [2.45, 2.75) is 20.0 Å². The van der Waals surface area contributed by atoms with Gasteiger partial charge in [0.15, 0.2) is 11.5 Å². The predicted molar refractivity (Wildman–Crippen MR) is 91.2 cm³/mol. The van der Waals surface area contributed by atoms with Crippen molar-refractivity contribution in [3.8, 4) is 0 Å². The van der Waals surface area contributed by atoms with Gasteiger partial charge in [0.25, 0.3) is 5.91 Å². The number of nitrogens with zero attached hydrogens (tertiary/aromatic N) is 4. The first-order valence-electron chi connectivity index (χ1n) is 8.82. The Kier molecular flexibility index (Phi) is 3.95. The fraction of sp³-hybridized carbons (Fsp3) is 0.556. The van der Waals surface area contributed by atoms with Gasteiger partial charge < -0.3 is 14.7 Å². The van der Waals surface area contributed by atoms with Crippen LogP contribution >= 0.6 is 0 Å². The molecular formula is C18H22N4O4. The summed E-state index contributed by atoms with van der Waals surface area (Å²) < 4.78 is 6.47. The van der Waals surface area contributed by atoms with Gasteiger partial charge in [-0.15, -0.1) is 10.2 Å². The summed E-state index contributed by atoms with van der Waals surface area (Å²) in [6.45, 7) is 4.94. The zero-order valence-electron chi connectivity index (χ0n) is 15.0. The van der Waals surface area contributed by atoms with Gasteiger partial charge in [-0.2, -0.15) is 0 Å². The lowest BCUT2D eigenvalue weighted by atomic mass is 10.1. The minimum absolute atomic E-state index is 0.0114. The monoisotopic (exact) mass is 358 g/mol. The molecule has 0 spiro atoms. The number of pyridine rings is 1. The van der Waals surface area contributed by atoms with Gasteiger partial charge in [-0.3, -0.25) is 14.0 Å². The van der Waals surface area contributed by atoms with Crippen LogP contribution in [-0.4, -0.2) is 56.7 Å². The Morgan fingerprint density at radius 3 is 2.54 bits per heavy atom. The lowest BCUT2D eigenvalue weighted by Crippen LogP contribution is -2.32. The van der Waals surface area contributed by atoms with Crippen LogP contribution < -0.4 is 0 Å². The van der Waals surface area contributed by atoms with Crippen LogP contribution in [0.3, 0.4) is 0 Å². The average molecular weight is 358 g/mol. The summed E-state index contributed by atoms with van der Waals surface area (Å²) in [6, 6.07) is 3.45. The van der Waals surface area contributed by atoms with Crippen molar-refractivity contribution in [2.75, 3.05) is 20.2 Å². The van der Waals surface area contributed by atoms with Gasteiger partial charge in [-0.1, -0.05) is 13.8 Å². The second kappa shape index (κ2) is 6.05. The van der Waals surface area contributed by atoms with Crippen molar-refractivity contribution in [3.05, 3.63) is 29.7 Å². The Balaban J connectivity index is 1.53. The molecule has 1 aliphatic heterocycles. The van der Waals surface area contributed by atoms with E-state index in [0.29, 0.717) is 30.1 Å². The third-order valence-electron chi connectivity index (χ3n) is 5.53. The maximum Gasteiger partial charge on any atom is 0.309 e. The van der Waals surface area contributed by atoms with Gasteiger partial charge in [0.1, 0.15) is 6.10 Å². The standard InChI is InChI=1S/C18H22N4O4/c1-9(2)15(23)16-20-19-13-5-4-10(6-22(13)16)17(24)21-7-11-12(8-21)14(11)18(25)26-3/h4-6,9,11-12,14-15,23H,7-8H2,1-3H3/t11-,12+,14?,15?. The molecule has 2 fully saturated rings. The molecule has 8 nitrogen and oxygen atoms in total. The number of esters is 1. The minimum Gasteiger partial charge on any atom is -0.469 e. The summed E-state index contributed by atoms with van der Waals surface area (Å²) in [6.07, 6.45) is 0.927. The maximum atomic E-state index is 12.8. The zero-order chi connectivity index (χ0) is 18.6. The van der Waals surface area contributed by atoms with Crippen molar-refractivity contribution in [2.24, 2.45) is 23.7 Å². The highest BCUT2D eigenvalue weighted by atomic mass is 16.5. The molecule has 4 rings (SSSR count). The third kappa shape index (κ3) is 2.56. The first kappa shape index (κ1) is 17.0. The van der Waals surface area contributed by atoms with E-state index in [0.717, 1.165) is 0 Å². The molecule has 1 aliphatic carbocycles. The van der Waals surface area contributed by atoms with E-state index in [4.69, 9.17) is 4.74 Å². The second-order valence-corrected chi connectivity index (χ2v) is 7.48. The van der Waals surface area contributed by atoms with E-state index < -0.39 is 6.10 Å². The number of carbonyl (C=O) groups is 2. The molecule has 2 aliphatic rings. The molecule has 1 amide bonds. The van der Waals surface area contributed by atoms with E-state index in [1.807, 2.05) is 13.8 Å². The first-order valence-corrected chi connectivity index (χ1v) is 8.82. The molecule has 3 heterocycles. The molecule has 0 aromatic carbocycles. The van der Waals surface area contributed by atoms with E-state index in [2.05, 4.69) is 10.2 Å². The highest BCUT2D eigenvalue weighted by Gasteiger charge is 2.61. The van der Waals surface area contributed by atoms with Crippen molar-refractivity contribution >= 4 is 17.5 Å². The molecule has 0 radical (unpaired) electrons. The minimum atomic E-state index is -0.754. The number of methoxy groups -OCH3 is 1. The molecule has 2 aromatic rings. The number of hydrogen-bond donors (Lipinski definition) is 1. The van der Waals surface area contributed by atoms with Crippen LogP contribution in [0.1, 0.15) is 36.1 Å². The van der Waals surface area contributed by atoms with Crippen LogP contribution in [0, 0.1) is 23.7 Å². The summed E-state index contributed by atoms with van der Waals surface area (Å²) in [5, 5.41) is 18.4. The number of carbonyl (C=O) groups excluding carboxylic acids is 2. The summed E-state index contributed by atoms with van der Waals surface area (Å²) in [5.74, 6) is 0.526. The number of aromatic nitrogens is 3. The van der Waals surface area contributed by atoms with Gasteiger partial charge >= 0.3 is 5.97 Å². The zero-order valence-corrected chi connectivity index (χ0v) is 15.0. The highest BCUT2D eigenvalue weighted by molar-refractivity contribution is 5.95. The van der Waals surface area contributed by atoms with Crippen LogP contribution in [0.4, 0.5) is 0 Å². The highest BCUT2D eigenvalue weighted by Crippen LogP contribution is 2.52. The van der Waals surface area contributed by atoms with Crippen LogP contribution in [0.5, 0.6) is 0 Å². The number of piperidine rings is 1. The molecule has 2 aromatic heterocycles. The van der Waals surface area contributed by atoms with E-state index in [1.165, 1.54) is 7.11 Å². The first-order chi connectivity index (χ1) is 12.4. The van der Waals surface area contributed by atoms with E-state index in [1.54, 1.807) is 27.6 Å². The summed E-state index contributed by atoms with van der Waals surface area (Å²) >= 11 is 0. The topological polar surface area (TPSA) is 97.0 Å². The number of ether oxygens (including phenoxy) is 1. The Morgan fingerprint density at radius 1 is 1.23 bits per heavy atom. The summed E-state index contributed by atoms with van der Waals surface area (Å²) in [5.41, 5.74) is 1.11. The number of aliphatic hydroxyl groups is 1. The number of fused-ring (bicyclic) bond motifs is 2. The molecule has 1 N–H and O–H groups in total. The molecule has 1 saturated heterocycles. The van der Waals surface area contributed by atoms with Gasteiger partial charge in [0.2, 0.25) is 0 Å². The smallest absolute Gasteiger partial charge is 0.309 e. The number of amides is 1. The van der Waals surface area contributed by atoms with Crippen molar-refractivity contribution in [3.63, 3.8) is 0 Å².